The molecule has 0 amide bonds. The maximum Gasteiger partial charge on any atom is 0.188 e. The van der Waals surface area contributed by atoms with Gasteiger partial charge in [0.2, 0.25) is 0 Å². The highest BCUT2D eigenvalue weighted by Gasteiger charge is 2.30. The van der Waals surface area contributed by atoms with Crippen LogP contribution in [0.5, 0.6) is 0 Å². The zero-order valence-corrected chi connectivity index (χ0v) is 11.1. The zero-order chi connectivity index (χ0) is 13.0. The highest BCUT2D eigenvalue weighted by molar-refractivity contribution is 5.99. The summed E-state index contributed by atoms with van der Waals surface area (Å²) < 4.78 is 10.7. The summed E-state index contributed by atoms with van der Waals surface area (Å²) in [5, 5.41) is 3.31. The van der Waals surface area contributed by atoms with Crippen molar-refractivity contribution < 1.29 is 14.3 Å². The third-order valence-corrected chi connectivity index (χ3v) is 3.45. The van der Waals surface area contributed by atoms with Gasteiger partial charge in [0.1, 0.15) is 6.10 Å². The van der Waals surface area contributed by atoms with Gasteiger partial charge in [-0.1, -0.05) is 6.92 Å². The summed E-state index contributed by atoms with van der Waals surface area (Å²) in [6, 6.07) is 0. The Morgan fingerprint density at radius 2 is 2.22 bits per heavy atom. The molecule has 1 fully saturated rings. The first-order valence-electron chi connectivity index (χ1n) is 6.60. The van der Waals surface area contributed by atoms with E-state index in [9.17, 15) is 4.79 Å². The van der Waals surface area contributed by atoms with E-state index in [0.29, 0.717) is 13.0 Å². The molecular weight excluding hydrogens is 232 g/mol. The third kappa shape index (κ3) is 3.17. The van der Waals surface area contributed by atoms with E-state index in [1.165, 1.54) is 0 Å². The second kappa shape index (κ2) is 6.43. The normalized spacial score (nSPS) is 30.3. The molecule has 0 spiro atoms. The minimum absolute atomic E-state index is 0.115. The summed E-state index contributed by atoms with van der Waals surface area (Å²) >= 11 is 0. The fraction of sp³-hybridized carbons (Fsp3) is 0.769. The van der Waals surface area contributed by atoms with Crippen LogP contribution in [0.3, 0.4) is 0 Å². The van der Waals surface area contributed by atoms with Gasteiger partial charge in [-0.25, -0.2) is 0 Å². The summed E-state index contributed by atoms with van der Waals surface area (Å²) in [5.74, 6) is 0.115. The Labute approximate surface area is 108 Å². The van der Waals surface area contributed by atoms with E-state index >= 15 is 0 Å². The lowest BCUT2D eigenvalue weighted by atomic mass is 10.0. The number of Topliss-reactive ketones (excluding diaryl/α,β-unsaturated/α-hetero) is 1. The number of hydrogen-bond acceptors (Lipinski definition) is 5. The molecule has 2 aliphatic rings. The Bertz CT molecular complexity index is 324. The van der Waals surface area contributed by atoms with Crippen LogP contribution in [0.1, 0.15) is 13.3 Å². The summed E-state index contributed by atoms with van der Waals surface area (Å²) in [7, 11) is 1.60. The number of carbonyl (C=O) groups excluding carboxylic acids is 1. The van der Waals surface area contributed by atoms with E-state index in [4.69, 9.17) is 9.47 Å². The number of rotatable bonds is 4. The zero-order valence-electron chi connectivity index (χ0n) is 11.1. The lowest BCUT2D eigenvalue weighted by Gasteiger charge is -2.31. The second-order valence-electron chi connectivity index (χ2n) is 4.72. The number of ether oxygens (including phenoxy) is 2. The molecule has 0 radical (unpaired) electrons. The van der Waals surface area contributed by atoms with Crippen molar-refractivity contribution in [2.45, 2.75) is 25.7 Å². The summed E-state index contributed by atoms with van der Waals surface area (Å²) in [5.41, 5.74) is 0.835. The highest BCUT2D eigenvalue weighted by Crippen LogP contribution is 2.19. The van der Waals surface area contributed by atoms with E-state index in [2.05, 4.69) is 10.2 Å². The van der Waals surface area contributed by atoms with Crippen molar-refractivity contribution in [3.8, 4) is 0 Å². The molecule has 2 atom stereocenters. The molecule has 0 aromatic heterocycles. The van der Waals surface area contributed by atoms with Gasteiger partial charge in [-0.05, 0) is 12.5 Å². The average Bonchev–Trinajstić information content (AvgIpc) is 2.42. The SMILES string of the molecule is CCC1OC(OC)C=C(CN2CCNCC2)C1=O. The Kier molecular flexibility index (Phi) is 4.88. The quantitative estimate of drug-likeness (QED) is 0.775. The lowest BCUT2D eigenvalue weighted by molar-refractivity contribution is -0.157. The highest BCUT2D eigenvalue weighted by atomic mass is 16.7. The monoisotopic (exact) mass is 254 g/mol. The van der Waals surface area contributed by atoms with E-state index in [0.717, 1.165) is 31.8 Å². The van der Waals surface area contributed by atoms with Crippen molar-refractivity contribution >= 4 is 5.78 Å². The number of ketones is 1. The van der Waals surface area contributed by atoms with Crippen molar-refractivity contribution in [2.75, 3.05) is 39.8 Å². The van der Waals surface area contributed by atoms with Gasteiger partial charge >= 0.3 is 0 Å². The molecule has 0 bridgehead atoms. The van der Waals surface area contributed by atoms with E-state index < -0.39 is 0 Å². The van der Waals surface area contributed by atoms with E-state index in [1.54, 1.807) is 7.11 Å². The summed E-state index contributed by atoms with van der Waals surface area (Å²) in [4.78, 5) is 14.5. The molecule has 0 aromatic carbocycles. The van der Waals surface area contributed by atoms with Crippen LogP contribution in [0.25, 0.3) is 0 Å². The van der Waals surface area contributed by atoms with Gasteiger partial charge < -0.3 is 14.8 Å². The number of piperazine rings is 1. The first-order chi connectivity index (χ1) is 8.74. The smallest absolute Gasteiger partial charge is 0.188 e. The number of nitrogens with zero attached hydrogens (tertiary/aromatic N) is 1. The van der Waals surface area contributed by atoms with Crippen LogP contribution in [0.2, 0.25) is 0 Å². The fourth-order valence-corrected chi connectivity index (χ4v) is 2.36. The number of methoxy groups -OCH3 is 1. The maximum absolute atomic E-state index is 12.2. The van der Waals surface area contributed by atoms with Gasteiger partial charge in [0.25, 0.3) is 0 Å². The van der Waals surface area contributed by atoms with Crippen molar-refractivity contribution in [2.24, 2.45) is 0 Å². The van der Waals surface area contributed by atoms with Gasteiger partial charge in [-0.15, -0.1) is 0 Å². The molecule has 102 valence electrons. The van der Waals surface area contributed by atoms with Crippen LogP contribution in [0.4, 0.5) is 0 Å². The van der Waals surface area contributed by atoms with Crippen LogP contribution < -0.4 is 5.32 Å². The number of hydrogen-bond donors (Lipinski definition) is 1. The van der Waals surface area contributed by atoms with E-state index in [-0.39, 0.29) is 18.2 Å². The Morgan fingerprint density at radius 3 is 2.83 bits per heavy atom. The van der Waals surface area contributed by atoms with Crippen molar-refractivity contribution in [3.63, 3.8) is 0 Å². The molecule has 2 rings (SSSR count). The minimum atomic E-state index is -0.384. The van der Waals surface area contributed by atoms with Crippen molar-refractivity contribution in [3.05, 3.63) is 11.6 Å². The fourth-order valence-electron chi connectivity index (χ4n) is 2.36. The number of carbonyl (C=O) groups is 1. The standard InChI is InChI=1S/C13H22N2O3/c1-3-11-13(16)10(8-12(17-2)18-11)9-15-6-4-14-5-7-15/h8,11-12,14H,3-7,9H2,1-2H3. The molecule has 0 saturated carbocycles. The topological polar surface area (TPSA) is 50.8 Å². The maximum atomic E-state index is 12.2. The van der Waals surface area contributed by atoms with Crippen LogP contribution in [0.15, 0.2) is 11.6 Å². The Balaban J connectivity index is 2.03. The van der Waals surface area contributed by atoms with Crippen LogP contribution in [-0.4, -0.2) is 62.9 Å². The predicted molar refractivity (Wildman–Crippen MR) is 68.4 cm³/mol. The second-order valence-corrected chi connectivity index (χ2v) is 4.72. The van der Waals surface area contributed by atoms with Gasteiger partial charge in [0.05, 0.1) is 0 Å². The molecule has 1 N–H and O–H groups in total. The summed E-state index contributed by atoms with van der Waals surface area (Å²) in [6.07, 6.45) is 1.78. The molecule has 2 aliphatic heterocycles. The first-order valence-corrected chi connectivity index (χ1v) is 6.60. The predicted octanol–water partition coefficient (Wildman–Crippen LogP) is 0.168. The Morgan fingerprint density at radius 1 is 1.50 bits per heavy atom. The van der Waals surface area contributed by atoms with Gasteiger partial charge in [0.15, 0.2) is 12.1 Å². The van der Waals surface area contributed by atoms with Crippen LogP contribution in [-0.2, 0) is 14.3 Å². The van der Waals surface area contributed by atoms with E-state index in [1.807, 2.05) is 13.0 Å². The summed E-state index contributed by atoms with van der Waals surface area (Å²) in [6.45, 7) is 6.62. The van der Waals surface area contributed by atoms with Crippen molar-refractivity contribution in [1.82, 2.24) is 10.2 Å². The molecule has 0 aliphatic carbocycles. The minimum Gasteiger partial charge on any atom is -0.352 e. The third-order valence-electron chi connectivity index (χ3n) is 3.45. The Hall–Kier alpha value is -0.750. The van der Waals surface area contributed by atoms with Gasteiger partial charge in [-0.3, -0.25) is 9.69 Å². The van der Waals surface area contributed by atoms with Gasteiger partial charge in [0, 0.05) is 45.4 Å². The van der Waals surface area contributed by atoms with Crippen molar-refractivity contribution in [1.29, 1.82) is 0 Å². The van der Waals surface area contributed by atoms with Gasteiger partial charge in [-0.2, -0.15) is 0 Å². The molecule has 2 unspecified atom stereocenters. The largest absolute Gasteiger partial charge is 0.352 e. The molecule has 18 heavy (non-hydrogen) atoms. The molecule has 5 nitrogen and oxygen atoms in total. The van der Waals surface area contributed by atoms with Crippen LogP contribution >= 0.6 is 0 Å². The lowest BCUT2D eigenvalue weighted by Crippen LogP contribution is -2.46. The molecule has 1 saturated heterocycles. The average molecular weight is 254 g/mol. The molecule has 5 heteroatoms. The van der Waals surface area contributed by atoms with Crippen LogP contribution in [0, 0.1) is 0 Å². The number of nitrogens with one attached hydrogen (secondary N) is 1. The first kappa shape index (κ1) is 13.7. The molecule has 0 aromatic rings. The molecule has 2 heterocycles. The molecular formula is C13H22N2O3.